The molecule has 0 bridgehead atoms. The summed E-state index contributed by atoms with van der Waals surface area (Å²) in [4.78, 5) is 20.6. The molecule has 1 aliphatic rings. The van der Waals surface area contributed by atoms with Gasteiger partial charge >= 0.3 is 0 Å². The van der Waals surface area contributed by atoms with Crippen molar-refractivity contribution in [2.75, 3.05) is 18.0 Å². The summed E-state index contributed by atoms with van der Waals surface area (Å²) >= 11 is 5.81. The van der Waals surface area contributed by atoms with Crippen LogP contribution in [0.15, 0.2) is 6.33 Å². The number of rotatable bonds is 2. The summed E-state index contributed by atoms with van der Waals surface area (Å²) in [5.41, 5.74) is -0.459. The van der Waals surface area contributed by atoms with Crippen molar-refractivity contribution in [1.29, 1.82) is 0 Å². The van der Waals surface area contributed by atoms with Crippen LogP contribution >= 0.6 is 11.6 Å². The number of nitrogens with zero attached hydrogens (tertiary/aromatic N) is 3. The van der Waals surface area contributed by atoms with Crippen molar-refractivity contribution in [3.05, 3.63) is 17.0 Å². The maximum absolute atomic E-state index is 10.9. The van der Waals surface area contributed by atoms with Gasteiger partial charge in [0, 0.05) is 13.1 Å². The van der Waals surface area contributed by atoms with Crippen molar-refractivity contribution in [2.24, 2.45) is 0 Å². The molecule has 0 radical (unpaired) electrons. The number of halogens is 1. The Morgan fingerprint density at radius 2 is 2.38 bits per heavy atom. The first-order valence-electron chi connectivity index (χ1n) is 4.96. The van der Waals surface area contributed by atoms with Crippen molar-refractivity contribution in [3.8, 4) is 0 Å². The molecule has 1 fully saturated rings. The third-order valence-corrected chi connectivity index (χ3v) is 2.98. The smallest absolute Gasteiger partial charge is 0.156 e. The van der Waals surface area contributed by atoms with Gasteiger partial charge in [0.15, 0.2) is 6.29 Å². The standard InChI is InChI=1S/C10H12ClN3O2/c1-10(16)2-3-14(5-10)9-7(4-15)8(11)12-6-13-9/h4,6,16H,2-3,5H2,1H3. The molecule has 0 amide bonds. The second-order valence-electron chi connectivity index (χ2n) is 4.19. The molecule has 16 heavy (non-hydrogen) atoms. The average Bonchev–Trinajstić information content (AvgIpc) is 2.58. The number of anilines is 1. The van der Waals surface area contributed by atoms with Gasteiger partial charge in [-0.2, -0.15) is 0 Å². The maximum Gasteiger partial charge on any atom is 0.156 e. The molecular weight excluding hydrogens is 230 g/mol. The van der Waals surface area contributed by atoms with Gasteiger partial charge in [0.1, 0.15) is 17.3 Å². The molecule has 0 saturated carbocycles. The van der Waals surface area contributed by atoms with E-state index < -0.39 is 5.60 Å². The van der Waals surface area contributed by atoms with Gasteiger partial charge in [0.2, 0.25) is 0 Å². The predicted octanol–water partition coefficient (Wildman–Crippen LogP) is 0.904. The molecule has 2 heterocycles. The molecule has 2 rings (SSSR count). The second kappa shape index (κ2) is 3.99. The van der Waals surface area contributed by atoms with Crippen molar-refractivity contribution in [2.45, 2.75) is 18.9 Å². The largest absolute Gasteiger partial charge is 0.388 e. The van der Waals surface area contributed by atoms with Gasteiger partial charge in [-0.3, -0.25) is 4.79 Å². The second-order valence-corrected chi connectivity index (χ2v) is 4.55. The Kier molecular flexibility index (Phi) is 2.82. The van der Waals surface area contributed by atoms with Crippen LogP contribution in [-0.4, -0.2) is 40.1 Å². The van der Waals surface area contributed by atoms with Crippen molar-refractivity contribution in [3.63, 3.8) is 0 Å². The van der Waals surface area contributed by atoms with Gasteiger partial charge in [-0.05, 0) is 13.3 Å². The lowest BCUT2D eigenvalue weighted by atomic mass is 10.1. The zero-order valence-corrected chi connectivity index (χ0v) is 9.61. The van der Waals surface area contributed by atoms with E-state index in [2.05, 4.69) is 9.97 Å². The number of carbonyl (C=O) groups is 1. The highest BCUT2D eigenvalue weighted by Crippen LogP contribution is 2.28. The molecule has 5 nitrogen and oxygen atoms in total. The summed E-state index contributed by atoms with van der Waals surface area (Å²) in [6, 6.07) is 0. The molecule has 0 spiro atoms. The highest BCUT2D eigenvalue weighted by Gasteiger charge is 2.33. The first-order valence-corrected chi connectivity index (χ1v) is 5.34. The Hall–Kier alpha value is -1.20. The highest BCUT2D eigenvalue weighted by atomic mass is 35.5. The molecule has 1 atom stereocenters. The molecule has 86 valence electrons. The third kappa shape index (κ3) is 2.01. The fourth-order valence-corrected chi connectivity index (χ4v) is 2.02. The van der Waals surface area contributed by atoms with Gasteiger partial charge in [0.25, 0.3) is 0 Å². The van der Waals surface area contributed by atoms with Crippen LogP contribution in [0.2, 0.25) is 5.15 Å². The SMILES string of the molecule is CC1(O)CCN(c2ncnc(Cl)c2C=O)C1. The maximum atomic E-state index is 10.9. The zero-order chi connectivity index (χ0) is 11.8. The summed E-state index contributed by atoms with van der Waals surface area (Å²) in [6.07, 6.45) is 2.61. The van der Waals surface area contributed by atoms with Crippen LogP contribution in [0.4, 0.5) is 5.82 Å². The number of aliphatic hydroxyl groups is 1. The molecular formula is C10H12ClN3O2. The lowest BCUT2D eigenvalue weighted by Gasteiger charge is -2.20. The van der Waals surface area contributed by atoms with Gasteiger partial charge in [-0.25, -0.2) is 9.97 Å². The summed E-state index contributed by atoms with van der Waals surface area (Å²) in [6.45, 7) is 2.86. The van der Waals surface area contributed by atoms with E-state index >= 15 is 0 Å². The fourth-order valence-electron chi connectivity index (χ4n) is 1.84. The average molecular weight is 242 g/mol. The van der Waals surface area contributed by atoms with Crippen LogP contribution in [0.5, 0.6) is 0 Å². The number of aromatic nitrogens is 2. The van der Waals surface area contributed by atoms with E-state index in [1.54, 1.807) is 6.92 Å². The lowest BCUT2D eigenvalue weighted by molar-refractivity contribution is 0.0838. The first kappa shape index (κ1) is 11.3. The van der Waals surface area contributed by atoms with E-state index in [1.807, 2.05) is 4.90 Å². The summed E-state index contributed by atoms with van der Waals surface area (Å²) < 4.78 is 0. The van der Waals surface area contributed by atoms with Gasteiger partial charge in [0.05, 0.1) is 11.2 Å². The van der Waals surface area contributed by atoms with Crippen LogP contribution in [0.1, 0.15) is 23.7 Å². The van der Waals surface area contributed by atoms with Crippen molar-refractivity contribution < 1.29 is 9.90 Å². The van der Waals surface area contributed by atoms with Crippen molar-refractivity contribution in [1.82, 2.24) is 9.97 Å². The Morgan fingerprint density at radius 3 is 2.94 bits per heavy atom. The number of hydrogen-bond acceptors (Lipinski definition) is 5. The van der Waals surface area contributed by atoms with Gasteiger partial charge in [-0.15, -0.1) is 0 Å². The topological polar surface area (TPSA) is 66.3 Å². The molecule has 1 aliphatic heterocycles. The Labute approximate surface area is 98.1 Å². The molecule has 0 aromatic carbocycles. The number of carbonyl (C=O) groups excluding carboxylic acids is 1. The Morgan fingerprint density at radius 1 is 1.62 bits per heavy atom. The molecule has 1 saturated heterocycles. The van der Waals surface area contributed by atoms with Crippen LogP contribution in [0, 0.1) is 0 Å². The van der Waals surface area contributed by atoms with E-state index in [9.17, 15) is 9.90 Å². The number of hydrogen-bond donors (Lipinski definition) is 1. The Balaban J connectivity index is 2.35. The van der Waals surface area contributed by atoms with E-state index in [4.69, 9.17) is 11.6 Å². The lowest BCUT2D eigenvalue weighted by Crippen LogP contribution is -2.30. The van der Waals surface area contributed by atoms with E-state index in [0.717, 1.165) is 0 Å². The zero-order valence-electron chi connectivity index (χ0n) is 8.85. The molecule has 1 aromatic heterocycles. The highest BCUT2D eigenvalue weighted by molar-refractivity contribution is 6.32. The van der Waals surface area contributed by atoms with Crippen LogP contribution in [0.25, 0.3) is 0 Å². The first-order chi connectivity index (χ1) is 7.53. The summed E-state index contributed by atoms with van der Waals surface area (Å²) in [5.74, 6) is 0.493. The third-order valence-electron chi connectivity index (χ3n) is 2.68. The minimum atomic E-state index is -0.739. The predicted molar refractivity (Wildman–Crippen MR) is 59.9 cm³/mol. The summed E-state index contributed by atoms with van der Waals surface area (Å²) in [7, 11) is 0. The molecule has 1 N–H and O–H groups in total. The molecule has 6 heteroatoms. The van der Waals surface area contributed by atoms with Crippen LogP contribution in [-0.2, 0) is 0 Å². The van der Waals surface area contributed by atoms with Crippen LogP contribution < -0.4 is 4.90 Å². The minimum Gasteiger partial charge on any atom is -0.388 e. The Bertz CT molecular complexity index is 423. The van der Waals surface area contributed by atoms with Gasteiger partial charge < -0.3 is 10.0 Å². The molecule has 1 unspecified atom stereocenters. The number of β-amino-alcohol motifs (C(OH)–C–C–N with tert-alkyl or cyclic N) is 1. The van der Waals surface area contributed by atoms with Crippen molar-refractivity contribution >= 4 is 23.7 Å². The normalized spacial score (nSPS) is 24.8. The van der Waals surface area contributed by atoms with E-state index in [-0.39, 0.29) is 10.7 Å². The van der Waals surface area contributed by atoms with Crippen LogP contribution in [0.3, 0.4) is 0 Å². The monoisotopic (exact) mass is 241 g/mol. The number of aldehydes is 1. The van der Waals surface area contributed by atoms with E-state index in [0.29, 0.717) is 31.6 Å². The minimum absolute atomic E-state index is 0.145. The quantitative estimate of drug-likeness (QED) is 0.616. The molecule has 0 aliphatic carbocycles. The van der Waals surface area contributed by atoms with Gasteiger partial charge in [-0.1, -0.05) is 11.6 Å². The summed E-state index contributed by atoms with van der Waals surface area (Å²) in [5, 5.41) is 10.00. The van der Waals surface area contributed by atoms with E-state index in [1.165, 1.54) is 6.33 Å². The molecule has 1 aromatic rings. The fraction of sp³-hybridized carbons (Fsp3) is 0.500.